The molecule has 8 bridgehead atoms. The van der Waals surface area contributed by atoms with Crippen LogP contribution in [0.5, 0.6) is 23.0 Å². The Morgan fingerprint density at radius 2 is 0.672 bits per heavy atom. The van der Waals surface area contributed by atoms with Crippen LogP contribution < -0.4 is 9.47 Å². The third-order valence-electron chi connectivity index (χ3n) is 11.0. The zero-order chi connectivity index (χ0) is 42.8. The normalized spacial score (nSPS) is 13.3. The van der Waals surface area contributed by atoms with Gasteiger partial charge in [-0.25, -0.2) is 9.98 Å². The van der Waals surface area contributed by atoms with Gasteiger partial charge in [-0.05, 0) is 113 Å². The molecule has 0 amide bonds. The quantitative estimate of drug-likeness (QED) is 0.0922. The first-order valence-electron chi connectivity index (χ1n) is 20.4. The molecule has 6 nitrogen and oxygen atoms in total. The summed E-state index contributed by atoms with van der Waals surface area (Å²) in [5, 5.41) is 29.7. The molecule has 0 saturated heterocycles. The molecule has 0 aromatic heterocycles. The van der Waals surface area contributed by atoms with Crippen LogP contribution in [0.15, 0.2) is 58.5 Å². The summed E-state index contributed by atoms with van der Waals surface area (Å²) in [4.78, 5) is 8.28. The number of hydrogen-bond acceptors (Lipinski definition) is 8. The molecule has 0 unspecified atom stereocenters. The Balaban J connectivity index is 1.93. The number of thiocarbonyl (C=S) groups is 2. The summed E-state index contributed by atoms with van der Waals surface area (Å²) in [6.07, 6.45) is 1.71. The van der Waals surface area contributed by atoms with Crippen molar-refractivity contribution in [3.8, 4) is 23.0 Å². The first-order valence-corrected chi connectivity index (χ1v) is 21.2. The summed E-state index contributed by atoms with van der Waals surface area (Å²) in [5.74, 6) is 1.99. The fourth-order valence-corrected chi connectivity index (χ4v) is 7.68. The third-order valence-corrected chi connectivity index (χ3v) is 11.3. The maximum Gasteiger partial charge on any atom is 0.126 e. The number of benzene rings is 4. The average molecular weight is 819 g/mol. The van der Waals surface area contributed by atoms with E-state index in [0.717, 1.165) is 78.3 Å². The number of fused-ring (bicyclic) bond motifs is 8. The monoisotopic (exact) mass is 818 g/mol. The molecule has 0 atom stereocenters. The van der Waals surface area contributed by atoms with Gasteiger partial charge in [0, 0.05) is 25.7 Å². The molecule has 1 aliphatic carbocycles. The second-order valence-electron chi connectivity index (χ2n) is 19.9. The highest BCUT2D eigenvalue weighted by Gasteiger charge is 2.28. The molecule has 308 valence electrons. The van der Waals surface area contributed by atoms with E-state index >= 15 is 0 Å². The van der Waals surface area contributed by atoms with E-state index in [4.69, 9.17) is 33.9 Å². The first kappa shape index (κ1) is 44.8. The lowest BCUT2D eigenvalue weighted by Gasteiger charge is -2.28. The number of nitrogens with zero attached hydrogens (tertiary/aromatic N) is 2. The minimum absolute atomic E-state index is 0.191. The number of phenolic OH excluding ortho intramolecular Hbond substituents is 2. The van der Waals surface area contributed by atoms with Crippen LogP contribution >= 0.6 is 24.4 Å². The molecule has 0 spiro atoms. The summed E-state index contributed by atoms with van der Waals surface area (Å²) in [5.41, 5.74) is 10.9. The van der Waals surface area contributed by atoms with Gasteiger partial charge in [-0.1, -0.05) is 132 Å². The Labute approximate surface area is 357 Å². The third kappa shape index (κ3) is 10.6. The van der Waals surface area contributed by atoms with Crippen molar-refractivity contribution in [2.45, 2.75) is 130 Å². The van der Waals surface area contributed by atoms with Crippen molar-refractivity contribution in [3.63, 3.8) is 0 Å². The van der Waals surface area contributed by atoms with E-state index in [1.807, 2.05) is 0 Å². The zero-order valence-corrected chi connectivity index (χ0v) is 38.3. The fourth-order valence-electron chi connectivity index (χ4n) is 7.49. The Hall–Kier alpha value is -4.32. The van der Waals surface area contributed by atoms with Gasteiger partial charge in [-0.15, -0.1) is 0 Å². The molecule has 0 radical (unpaired) electrons. The number of aromatic hydroxyl groups is 2. The zero-order valence-electron chi connectivity index (χ0n) is 36.7. The topological polar surface area (TPSA) is 83.6 Å². The van der Waals surface area contributed by atoms with Crippen LogP contribution in [-0.4, -0.2) is 46.8 Å². The van der Waals surface area contributed by atoms with Crippen molar-refractivity contribution >= 4 is 34.8 Å². The van der Waals surface area contributed by atoms with Gasteiger partial charge in [0.05, 0.1) is 23.4 Å². The van der Waals surface area contributed by atoms with Crippen molar-refractivity contribution in [1.29, 1.82) is 0 Å². The van der Waals surface area contributed by atoms with Crippen molar-refractivity contribution < 1.29 is 19.7 Å². The molecule has 0 aliphatic heterocycles. The van der Waals surface area contributed by atoms with Crippen molar-refractivity contribution in [1.82, 2.24) is 0 Å². The van der Waals surface area contributed by atoms with E-state index in [2.05, 4.69) is 152 Å². The Morgan fingerprint density at radius 1 is 0.448 bits per heavy atom. The van der Waals surface area contributed by atoms with Gasteiger partial charge in [0.25, 0.3) is 0 Å². The highest BCUT2D eigenvalue weighted by molar-refractivity contribution is 7.78. The SMILES string of the molecule is CC(C)(C)c1cc2c(O)c(c1)Cc1cc(C(C)(C)C)cc(c1OCCN=C=S)Cc1cc(C(C)(C)C)cc(c1O)Cc1cc(C(C)(C)C)cc(c1OCCN=C=S)C2. The van der Waals surface area contributed by atoms with Crippen LogP contribution in [0, 0.1) is 0 Å². The molecular weight excluding hydrogens is 757 g/mol. The Bertz CT molecular complexity index is 2010. The fraction of sp³-hybridized carbons (Fsp3) is 0.480. The smallest absolute Gasteiger partial charge is 0.126 e. The number of ether oxygens (including phenoxy) is 2. The van der Waals surface area contributed by atoms with E-state index in [1.54, 1.807) is 0 Å². The minimum Gasteiger partial charge on any atom is -0.507 e. The summed E-state index contributed by atoms with van der Waals surface area (Å²) >= 11 is 9.75. The van der Waals surface area contributed by atoms with E-state index < -0.39 is 0 Å². The van der Waals surface area contributed by atoms with E-state index in [-0.39, 0.29) is 33.2 Å². The van der Waals surface area contributed by atoms with Crippen LogP contribution in [0.1, 0.15) is 150 Å². The van der Waals surface area contributed by atoms with Crippen molar-refractivity contribution in [3.05, 3.63) is 115 Å². The van der Waals surface area contributed by atoms with Crippen molar-refractivity contribution in [2.75, 3.05) is 26.3 Å². The molecule has 0 heterocycles. The average Bonchev–Trinajstić information content (AvgIpc) is 3.11. The highest BCUT2D eigenvalue weighted by Crippen LogP contribution is 2.43. The summed E-state index contributed by atoms with van der Waals surface area (Å²) < 4.78 is 13.3. The Kier molecular flexibility index (Phi) is 13.5. The lowest BCUT2D eigenvalue weighted by atomic mass is 9.79. The lowest BCUT2D eigenvalue weighted by Crippen LogP contribution is -2.17. The van der Waals surface area contributed by atoms with Crippen LogP contribution in [0.3, 0.4) is 0 Å². The molecule has 4 aromatic carbocycles. The number of isothiocyanates is 2. The van der Waals surface area contributed by atoms with E-state index in [9.17, 15) is 10.2 Å². The van der Waals surface area contributed by atoms with Gasteiger partial charge in [-0.2, -0.15) is 0 Å². The maximum absolute atomic E-state index is 12.4. The minimum atomic E-state index is -0.198. The van der Waals surface area contributed by atoms with Gasteiger partial charge >= 0.3 is 0 Å². The van der Waals surface area contributed by atoms with Crippen LogP contribution in [-0.2, 0) is 47.3 Å². The number of phenols is 2. The van der Waals surface area contributed by atoms with Gasteiger partial charge < -0.3 is 19.7 Å². The second kappa shape index (κ2) is 17.5. The van der Waals surface area contributed by atoms with E-state index in [0.29, 0.717) is 52.0 Å². The van der Waals surface area contributed by atoms with Gasteiger partial charge in [0.2, 0.25) is 0 Å². The van der Waals surface area contributed by atoms with Crippen LogP contribution in [0.25, 0.3) is 0 Å². The van der Waals surface area contributed by atoms with Gasteiger partial charge in [0.1, 0.15) is 36.2 Å². The van der Waals surface area contributed by atoms with Gasteiger partial charge in [-0.3, -0.25) is 0 Å². The molecular formula is C50H62N2O4S2. The molecule has 0 fully saturated rings. The molecule has 1 aliphatic rings. The maximum atomic E-state index is 12.4. The number of aliphatic imine (C=N–C) groups is 2. The largest absolute Gasteiger partial charge is 0.507 e. The lowest BCUT2D eigenvalue weighted by molar-refractivity contribution is 0.322. The first-order chi connectivity index (χ1) is 27.0. The molecule has 8 heteroatoms. The standard InChI is InChI=1S/C50H62N2O4S2/c1-47(2,3)39-21-31-17-35-25-41(49(7,8)9)27-37(45(35)55-15-13-51-29-57)19-33-23-40(48(4,5)6)24-34(44(33)54)20-38-28-42(50(10,11)12)26-36(18-32(22-39)43(31)53)46(38)56-16-14-52-30-58/h21-28,53-54H,13-20H2,1-12H3. The Morgan fingerprint density at radius 3 is 0.879 bits per heavy atom. The predicted octanol–water partition coefficient (Wildman–Crippen LogP) is 11.9. The van der Waals surface area contributed by atoms with Crippen LogP contribution in [0.2, 0.25) is 0 Å². The molecule has 5 rings (SSSR count). The summed E-state index contributed by atoms with van der Waals surface area (Å²) in [6, 6.07) is 17.5. The number of rotatable bonds is 8. The summed E-state index contributed by atoms with van der Waals surface area (Å²) in [6.45, 7) is 27.8. The van der Waals surface area contributed by atoms with Gasteiger partial charge in [0.15, 0.2) is 0 Å². The molecule has 0 saturated carbocycles. The van der Waals surface area contributed by atoms with Crippen molar-refractivity contribution in [2.24, 2.45) is 9.98 Å². The molecule has 4 aromatic rings. The second-order valence-corrected chi connectivity index (χ2v) is 20.2. The summed E-state index contributed by atoms with van der Waals surface area (Å²) in [7, 11) is 0. The van der Waals surface area contributed by atoms with E-state index in [1.165, 1.54) is 0 Å². The predicted molar refractivity (Wildman–Crippen MR) is 246 cm³/mol. The molecule has 2 N–H and O–H groups in total. The van der Waals surface area contributed by atoms with Crippen LogP contribution in [0.4, 0.5) is 0 Å². The highest BCUT2D eigenvalue weighted by atomic mass is 32.1. The molecule has 58 heavy (non-hydrogen) atoms. The number of hydrogen-bond donors (Lipinski definition) is 2.